The van der Waals surface area contributed by atoms with Gasteiger partial charge in [0.2, 0.25) is 5.91 Å². The highest BCUT2D eigenvalue weighted by molar-refractivity contribution is 5.77. The fourth-order valence-corrected chi connectivity index (χ4v) is 2.98. The molecule has 21 heavy (non-hydrogen) atoms. The fourth-order valence-electron chi connectivity index (χ4n) is 2.98. The van der Waals surface area contributed by atoms with E-state index >= 15 is 0 Å². The number of nitrogens with zero attached hydrogens (tertiary/aromatic N) is 2. The molecule has 2 aliphatic rings. The van der Waals surface area contributed by atoms with Crippen LogP contribution >= 0.6 is 0 Å². The largest absolute Gasteiger partial charge is 0.469 e. The number of amides is 1. The maximum absolute atomic E-state index is 12.3. The van der Waals surface area contributed by atoms with Crippen LogP contribution in [0, 0.1) is 0 Å². The molecule has 0 atom stereocenters. The highest BCUT2D eigenvalue weighted by atomic mass is 16.5. The number of hydrogen-bond acceptors (Lipinski definition) is 5. The van der Waals surface area contributed by atoms with Gasteiger partial charge < -0.3 is 14.4 Å². The molecule has 0 spiro atoms. The minimum atomic E-state index is -0.195. The normalized spacial score (nSPS) is 21.7. The molecule has 0 aromatic carbocycles. The summed E-state index contributed by atoms with van der Waals surface area (Å²) in [6.07, 6.45) is 4.06. The predicted octanol–water partition coefficient (Wildman–Crippen LogP) is 0.653. The van der Waals surface area contributed by atoms with Crippen LogP contribution in [0.15, 0.2) is 0 Å². The van der Waals surface area contributed by atoms with Crippen molar-refractivity contribution >= 4 is 11.9 Å². The lowest BCUT2D eigenvalue weighted by Gasteiger charge is -2.42. The van der Waals surface area contributed by atoms with Crippen molar-refractivity contribution in [2.75, 3.05) is 46.9 Å². The number of ether oxygens (including phenoxy) is 2. The molecule has 1 aliphatic carbocycles. The number of hydrogen-bond donors (Lipinski definition) is 0. The van der Waals surface area contributed by atoms with Crippen LogP contribution in [0.2, 0.25) is 0 Å². The van der Waals surface area contributed by atoms with Gasteiger partial charge in [-0.05, 0) is 19.3 Å². The number of carbonyl (C=O) groups excluding carboxylic acids is 2. The summed E-state index contributed by atoms with van der Waals surface area (Å²) in [6.45, 7) is 3.82. The summed E-state index contributed by atoms with van der Waals surface area (Å²) in [6, 6.07) is 0. The van der Waals surface area contributed by atoms with E-state index in [4.69, 9.17) is 4.74 Å². The van der Waals surface area contributed by atoms with Crippen molar-refractivity contribution in [3.05, 3.63) is 0 Å². The van der Waals surface area contributed by atoms with Gasteiger partial charge in [-0.25, -0.2) is 0 Å². The molecule has 2 rings (SSSR count). The van der Waals surface area contributed by atoms with E-state index in [9.17, 15) is 9.59 Å². The SMILES string of the molecule is COC(=O)CCN1CCN(C(=O)CC2(OC)CCC2)CC1. The quantitative estimate of drug-likeness (QED) is 0.674. The molecule has 1 amide bonds. The molecule has 1 saturated carbocycles. The smallest absolute Gasteiger partial charge is 0.306 e. The molecule has 1 saturated heterocycles. The van der Waals surface area contributed by atoms with Crippen LogP contribution in [0.3, 0.4) is 0 Å². The minimum absolute atomic E-state index is 0.180. The second-order valence-corrected chi connectivity index (χ2v) is 5.97. The maximum Gasteiger partial charge on any atom is 0.306 e. The van der Waals surface area contributed by atoms with E-state index in [1.807, 2.05) is 4.90 Å². The third-order valence-corrected chi connectivity index (χ3v) is 4.76. The number of carbonyl (C=O) groups is 2. The van der Waals surface area contributed by atoms with Crippen LogP contribution in [-0.2, 0) is 19.1 Å². The summed E-state index contributed by atoms with van der Waals surface area (Å²) in [5.74, 6) is 0.0182. The van der Waals surface area contributed by atoms with Gasteiger partial charge in [-0.3, -0.25) is 14.5 Å². The number of piperazine rings is 1. The predicted molar refractivity (Wildman–Crippen MR) is 77.9 cm³/mol. The first-order valence-electron chi connectivity index (χ1n) is 7.71. The van der Waals surface area contributed by atoms with Crippen molar-refractivity contribution in [2.24, 2.45) is 0 Å². The Hall–Kier alpha value is -1.14. The highest BCUT2D eigenvalue weighted by Gasteiger charge is 2.40. The molecule has 0 aromatic heterocycles. The highest BCUT2D eigenvalue weighted by Crippen LogP contribution is 2.38. The molecule has 0 unspecified atom stereocenters. The molecular weight excluding hydrogens is 272 g/mol. The molecule has 0 radical (unpaired) electrons. The third-order valence-electron chi connectivity index (χ3n) is 4.76. The van der Waals surface area contributed by atoms with Gasteiger partial charge >= 0.3 is 5.97 Å². The van der Waals surface area contributed by atoms with E-state index < -0.39 is 0 Å². The minimum Gasteiger partial charge on any atom is -0.469 e. The average molecular weight is 298 g/mol. The van der Waals surface area contributed by atoms with Crippen LogP contribution in [-0.4, -0.2) is 74.2 Å². The Morgan fingerprint density at radius 3 is 2.24 bits per heavy atom. The molecular formula is C15H26N2O4. The van der Waals surface area contributed by atoms with Gasteiger partial charge in [0.1, 0.15) is 0 Å². The van der Waals surface area contributed by atoms with Crippen LogP contribution < -0.4 is 0 Å². The Labute approximate surface area is 126 Å². The molecule has 1 aliphatic heterocycles. The van der Waals surface area contributed by atoms with Crippen molar-refractivity contribution in [2.45, 2.75) is 37.7 Å². The van der Waals surface area contributed by atoms with Gasteiger partial charge in [-0.2, -0.15) is 0 Å². The van der Waals surface area contributed by atoms with Crippen molar-refractivity contribution < 1.29 is 19.1 Å². The number of esters is 1. The monoisotopic (exact) mass is 298 g/mol. The summed E-state index contributed by atoms with van der Waals surface area (Å²) in [5.41, 5.74) is -0.195. The van der Waals surface area contributed by atoms with Gasteiger partial charge in [0.15, 0.2) is 0 Å². The topological polar surface area (TPSA) is 59.1 Å². The molecule has 6 nitrogen and oxygen atoms in total. The molecule has 0 N–H and O–H groups in total. The lowest BCUT2D eigenvalue weighted by Crippen LogP contribution is -2.52. The van der Waals surface area contributed by atoms with Gasteiger partial charge in [0, 0.05) is 39.8 Å². The Morgan fingerprint density at radius 1 is 1.10 bits per heavy atom. The second kappa shape index (κ2) is 7.22. The standard InChI is InChI=1S/C15H26N2O4/c1-20-14(19)4-7-16-8-10-17(11-9-16)13(18)12-15(21-2)5-3-6-15/h3-12H2,1-2H3. The third kappa shape index (κ3) is 4.17. The molecule has 6 heteroatoms. The average Bonchev–Trinajstić information content (AvgIpc) is 2.48. The summed E-state index contributed by atoms with van der Waals surface area (Å²) < 4.78 is 10.2. The molecule has 0 aromatic rings. The molecule has 0 bridgehead atoms. The van der Waals surface area contributed by atoms with Crippen molar-refractivity contribution in [3.63, 3.8) is 0 Å². The lowest BCUT2D eigenvalue weighted by atomic mass is 9.77. The van der Waals surface area contributed by atoms with Crippen molar-refractivity contribution in [1.82, 2.24) is 9.80 Å². The molecule has 2 fully saturated rings. The summed E-state index contributed by atoms with van der Waals surface area (Å²) in [7, 11) is 3.11. The van der Waals surface area contributed by atoms with Gasteiger partial charge in [-0.15, -0.1) is 0 Å². The summed E-state index contributed by atoms with van der Waals surface area (Å²) >= 11 is 0. The molecule has 120 valence electrons. The van der Waals surface area contributed by atoms with E-state index in [0.29, 0.717) is 19.4 Å². The van der Waals surface area contributed by atoms with Crippen LogP contribution in [0.25, 0.3) is 0 Å². The van der Waals surface area contributed by atoms with Gasteiger partial charge in [0.25, 0.3) is 0 Å². The zero-order valence-electron chi connectivity index (χ0n) is 13.1. The van der Waals surface area contributed by atoms with Crippen LogP contribution in [0.4, 0.5) is 0 Å². The van der Waals surface area contributed by atoms with E-state index in [2.05, 4.69) is 9.64 Å². The van der Waals surface area contributed by atoms with E-state index in [1.165, 1.54) is 7.11 Å². The van der Waals surface area contributed by atoms with E-state index in [0.717, 1.165) is 45.4 Å². The Kier molecular flexibility index (Phi) is 5.58. The first kappa shape index (κ1) is 16.2. The fraction of sp³-hybridized carbons (Fsp3) is 0.867. The second-order valence-electron chi connectivity index (χ2n) is 5.97. The molecule has 1 heterocycles. The maximum atomic E-state index is 12.3. The van der Waals surface area contributed by atoms with Crippen molar-refractivity contribution in [3.8, 4) is 0 Å². The first-order valence-corrected chi connectivity index (χ1v) is 7.71. The summed E-state index contributed by atoms with van der Waals surface area (Å²) in [4.78, 5) is 27.6. The zero-order chi connectivity index (χ0) is 15.3. The zero-order valence-corrected chi connectivity index (χ0v) is 13.1. The van der Waals surface area contributed by atoms with Crippen molar-refractivity contribution in [1.29, 1.82) is 0 Å². The summed E-state index contributed by atoms with van der Waals surface area (Å²) in [5, 5.41) is 0. The lowest BCUT2D eigenvalue weighted by molar-refractivity contribution is -0.146. The first-order chi connectivity index (χ1) is 10.1. The Balaban J connectivity index is 1.70. The van der Waals surface area contributed by atoms with Gasteiger partial charge in [0.05, 0.1) is 25.6 Å². The van der Waals surface area contributed by atoms with E-state index in [1.54, 1.807) is 7.11 Å². The number of rotatable bonds is 6. The Bertz CT molecular complexity index is 368. The van der Waals surface area contributed by atoms with Crippen LogP contribution in [0.1, 0.15) is 32.1 Å². The Morgan fingerprint density at radius 2 is 1.76 bits per heavy atom. The van der Waals surface area contributed by atoms with Crippen LogP contribution in [0.5, 0.6) is 0 Å². The van der Waals surface area contributed by atoms with E-state index in [-0.39, 0.29) is 17.5 Å². The number of methoxy groups -OCH3 is 2. The van der Waals surface area contributed by atoms with Gasteiger partial charge in [-0.1, -0.05) is 0 Å².